The van der Waals surface area contributed by atoms with Gasteiger partial charge in [0.2, 0.25) is 0 Å². The van der Waals surface area contributed by atoms with Crippen molar-refractivity contribution in [2.45, 2.75) is 6.92 Å². The number of hydrogen-bond donors (Lipinski definition) is 1. The molecule has 0 aromatic heterocycles. The van der Waals surface area contributed by atoms with Crippen molar-refractivity contribution in [2.24, 2.45) is 4.99 Å². The Morgan fingerprint density at radius 1 is 1.50 bits per heavy atom. The lowest BCUT2D eigenvalue weighted by atomic mass is 10.2. The van der Waals surface area contributed by atoms with E-state index < -0.39 is 0 Å². The molecule has 5 heteroatoms. The van der Waals surface area contributed by atoms with Gasteiger partial charge in [0.25, 0.3) is 0 Å². The Labute approximate surface area is 110 Å². The highest BCUT2D eigenvalue weighted by atomic mass is 79.9. The van der Waals surface area contributed by atoms with Gasteiger partial charge in [0.15, 0.2) is 0 Å². The van der Waals surface area contributed by atoms with E-state index in [-0.39, 0.29) is 12.4 Å². The molecule has 3 nitrogen and oxygen atoms in total. The Bertz CT molecular complexity index is 396. The van der Waals surface area contributed by atoms with Crippen LogP contribution in [0.3, 0.4) is 0 Å². The summed E-state index contributed by atoms with van der Waals surface area (Å²) < 4.78 is 6.75. The van der Waals surface area contributed by atoms with Gasteiger partial charge < -0.3 is 10.1 Å². The number of benzene rings is 1. The van der Waals surface area contributed by atoms with Gasteiger partial charge in [-0.2, -0.15) is 0 Å². The van der Waals surface area contributed by atoms with Crippen LogP contribution < -0.4 is 10.1 Å². The maximum atomic E-state index is 5.68. The summed E-state index contributed by atoms with van der Waals surface area (Å²) in [5.41, 5.74) is 1.12. The highest BCUT2D eigenvalue weighted by Crippen LogP contribution is 2.25. The number of hydrogen-bond acceptors (Lipinski definition) is 3. The summed E-state index contributed by atoms with van der Waals surface area (Å²) in [7, 11) is 0. The number of amidine groups is 1. The number of halogens is 2. The Balaban J connectivity index is 0.00000128. The smallest absolute Gasteiger partial charge is 0.145 e. The third-order valence-electron chi connectivity index (χ3n) is 2.33. The molecule has 1 aliphatic heterocycles. The van der Waals surface area contributed by atoms with E-state index in [1.807, 2.05) is 25.1 Å². The lowest BCUT2D eigenvalue weighted by Gasteiger charge is -2.10. The van der Waals surface area contributed by atoms with E-state index in [0.717, 1.165) is 34.7 Å². The molecule has 1 aromatic carbocycles. The zero-order chi connectivity index (χ0) is 10.7. The number of nitrogens with one attached hydrogen (secondary N) is 1. The van der Waals surface area contributed by atoms with Crippen LogP contribution >= 0.6 is 28.3 Å². The molecule has 1 N–H and O–H groups in total. The average Bonchev–Trinajstić information content (AvgIpc) is 2.73. The van der Waals surface area contributed by atoms with Crippen molar-refractivity contribution >= 4 is 34.2 Å². The molecule has 1 aromatic rings. The topological polar surface area (TPSA) is 33.6 Å². The zero-order valence-electron chi connectivity index (χ0n) is 9.00. The van der Waals surface area contributed by atoms with Crippen molar-refractivity contribution in [3.63, 3.8) is 0 Å². The quantitative estimate of drug-likeness (QED) is 0.931. The SMILES string of the molecule is Cc1c(Br)cccc1OCC1=NCCN1.Cl. The maximum absolute atomic E-state index is 5.68. The van der Waals surface area contributed by atoms with Crippen LogP contribution in [0.15, 0.2) is 27.7 Å². The molecule has 2 rings (SSSR count). The van der Waals surface area contributed by atoms with Crippen LogP contribution in [-0.4, -0.2) is 25.5 Å². The minimum Gasteiger partial charge on any atom is -0.485 e. The van der Waals surface area contributed by atoms with Crippen LogP contribution in [0.25, 0.3) is 0 Å². The first-order valence-corrected chi connectivity index (χ1v) is 5.72. The number of aliphatic imine (C=N–C) groups is 1. The Morgan fingerprint density at radius 3 is 3.00 bits per heavy atom. The molecule has 0 unspecified atom stereocenters. The second kappa shape index (κ2) is 6.11. The molecule has 1 aliphatic rings. The second-order valence-electron chi connectivity index (χ2n) is 3.41. The third-order valence-corrected chi connectivity index (χ3v) is 3.18. The lowest BCUT2D eigenvalue weighted by molar-refractivity contribution is 0.370. The van der Waals surface area contributed by atoms with Gasteiger partial charge in [-0.15, -0.1) is 12.4 Å². The molecular weight excluding hydrogens is 291 g/mol. The van der Waals surface area contributed by atoms with E-state index in [1.165, 1.54) is 0 Å². The molecule has 0 fully saturated rings. The van der Waals surface area contributed by atoms with Crippen LogP contribution in [-0.2, 0) is 0 Å². The molecule has 0 saturated heterocycles. The van der Waals surface area contributed by atoms with Gasteiger partial charge in [-0.3, -0.25) is 4.99 Å². The summed E-state index contributed by atoms with van der Waals surface area (Å²) in [6, 6.07) is 5.94. The van der Waals surface area contributed by atoms with E-state index in [1.54, 1.807) is 0 Å². The van der Waals surface area contributed by atoms with E-state index in [9.17, 15) is 0 Å². The molecule has 88 valence electrons. The van der Waals surface area contributed by atoms with Gasteiger partial charge in [-0.25, -0.2) is 0 Å². The summed E-state index contributed by atoms with van der Waals surface area (Å²) in [5, 5.41) is 3.17. The predicted molar refractivity (Wildman–Crippen MR) is 71.9 cm³/mol. The van der Waals surface area contributed by atoms with Crippen LogP contribution in [0.1, 0.15) is 5.56 Å². The standard InChI is InChI=1S/C11H13BrN2O.ClH/c1-8-9(12)3-2-4-10(8)15-7-11-13-5-6-14-11;/h2-4H,5-7H2,1H3,(H,13,14);1H. The summed E-state index contributed by atoms with van der Waals surface area (Å²) in [6.45, 7) is 4.34. The van der Waals surface area contributed by atoms with E-state index in [2.05, 4.69) is 26.2 Å². The Kier molecular flexibility index (Phi) is 5.09. The van der Waals surface area contributed by atoms with Crippen molar-refractivity contribution in [3.8, 4) is 5.75 Å². The molecular formula is C11H14BrClN2O. The fraction of sp³-hybridized carbons (Fsp3) is 0.364. The van der Waals surface area contributed by atoms with Gasteiger partial charge in [-0.05, 0) is 19.1 Å². The molecule has 0 bridgehead atoms. The minimum absolute atomic E-state index is 0. The van der Waals surface area contributed by atoms with Crippen molar-refractivity contribution in [1.82, 2.24) is 5.32 Å². The van der Waals surface area contributed by atoms with E-state index >= 15 is 0 Å². The second-order valence-corrected chi connectivity index (χ2v) is 4.26. The van der Waals surface area contributed by atoms with Gasteiger partial charge in [0.1, 0.15) is 18.2 Å². The normalized spacial score (nSPS) is 13.8. The van der Waals surface area contributed by atoms with E-state index in [4.69, 9.17) is 4.74 Å². The van der Waals surface area contributed by atoms with Crippen molar-refractivity contribution in [2.75, 3.05) is 19.7 Å². The first-order valence-electron chi connectivity index (χ1n) is 4.92. The van der Waals surface area contributed by atoms with Crippen LogP contribution in [0, 0.1) is 6.92 Å². The van der Waals surface area contributed by atoms with Gasteiger partial charge >= 0.3 is 0 Å². The first kappa shape index (κ1) is 13.3. The fourth-order valence-electron chi connectivity index (χ4n) is 1.43. The Hall–Kier alpha value is -0.740. The van der Waals surface area contributed by atoms with Crippen molar-refractivity contribution in [1.29, 1.82) is 0 Å². The molecule has 0 spiro atoms. The van der Waals surface area contributed by atoms with Gasteiger partial charge in [-0.1, -0.05) is 22.0 Å². The van der Waals surface area contributed by atoms with Crippen LogP contribution in [0.4, 0.5) is 0 Å². The first-order chi connectivity index (χ1) is 7.27. The molecule has 0 atom stereocenters. The molecule has 0 amide bonds. The summed E-state index contributed by atoms with van der Waals surface area (Å²) in [5.74, 6) is 1.84. The molecule has 0 radical (unpaired) electrons. The summed E-state index contributed by atoms with van der Waals surface area (Å²) >= 11 is 3.47. The van der Waals surface area contributed by atoms with E-state index in [0.29, 0.717) is 6.61 Å². The number of ether oxygens (including phenoxy) is 1. The van der Waals surface area contributed by atoms with Crippen molar-refractivity contribution < 1.29 is 4.74 Å². The van der Waals surface area contributed by atoms with Gasteiger partial charge in [0, 0.05) is 16.6 Å². The highest BCUT2D eigenvalue weighted by Gasteiger charge is 2.07. The Morgan fingerprint density at radius 2 is 2.31 bits per heavy atom. The predicted octanol–water partition coefficient (Wildman–Crippen LogP) is 2.56. The van der Waals surface area contributed by atoms with Crippen molar-refractivity contribution in [3.05, 3.63) is 28.2 Å². The average molecular weight is 306 g/mol. The highest BCUT2D eigenvalue weighted by molar-refractivity contribution is 9.10. The molecule has 1 heterocycles. The molecule has 0 saturated carbocycles. The van der Waals surface area contributed by atoms with Crippen LogP contribution in [0.2, 0.25) is 0 Å². The summed E-state index contributed by atoms with van der Waals surface area (Å²) in [6.07, 6.45) is 0. The monoisotopic (exact) mass is 304 g/mol. The third kappa shape index (κ3) is 3.12. The maximum Gasteiger partial charge on any atom is 0.145 e. The number of rotatable bonds is 3. The largest absolute Gasteiger partial charge is 0.485 e. The number of nitrogens with zero attached hydrogens (tertiary/aromatic N) is 1. The molecule has 16 heavy (non-hydrogen) atoms. The molecule has 0 aliphatic carbocycles. The summed E-state index contributed by atoms with van der Waals surface area (Å²) in [4.78, 5) is 4.27. The fourth-order valence-corrected chi connectivity index (χ4v) is 1.78. The zero-order valence-corrected chi connectivity index (χ0v) is 11.4. The van der Waals surface area contributed by atoms with Gasteiger partial charge in [0.05, 0.1) is 6.54 Å². The minimum atomic E-state index is 0. The lowest BCUT2D eigenvalue weighted by Crippen LogP contribution is -2.25. The van der Waals surface area contributed by atoms with Crippen LogP contribution in [0.5, 0.6) is 5.75 Å².